The first kappa shape index (κ1) is 18.2. The van der Waals surface area contributed by atoms with Gasteiger partial charge >= 0.3 is 0 Å². The van der Waals surface area contributed by atoms with Crippen LogP contribution in [0.4, 0.5) is 5.69 Å². The summed E-state index contributed by atoms with van der Waals surface area (Å²) >= 11 is 4.89. The van der Waals surface area contributed by atoms with Gasteiger partial charge in [-0.2, -0.15) is 0 Å². The molecule has 8 heteroatoms. The number of halogens is 1. The zero-order valence-corrected chi connectivity index (χ0v) is 17.2. The Labute approximate surface area is 169 Å². The summed E-state index contributed by atoms with van der Waals surface area (Å²) in [5.74, 6) is -0.0380. The van der Waals surface area contributed by atoms with Gasteiger partial charge in [0.1, 0.15) is 0 Å². The molecule has 1 amide bonds. The molecule has 0 saturated carbocycles. The topological polar surface area (TPSA) is 72.7 Å². The van der Waals surface area contributed by atoms with Crippen LogP contribution in [0.1, 0.15) is 23.1 Å². The average Bonchev–Trinajstić information content (AvgIpc) is 3.26. The lowest BCUT2D eigenvalue weighted by molar-refractivity contribution is -0.115. The zero-order chi connectivity index (χ0) is 18.8. The Kier molecular flexibility index (Phi) is 5.27. The van der Waals surface area contributed by atoms with Crippen molar-refractivity contribution in [2.24, 2.45) is 7.05 Å². The zero-order valence-electron chi connectivity index (χ0n) is 14.8. The predicted octanol–water partition coefficient (Wildman–Crippen LogP) is 3.79. The second-order valence-electron chi connectivity index (χ2n) is 6.51. The molecule has 0 fully saturated rings. The van der Waals surface area contributed by atoms with Crippen LogP contribution in [0.5, 0.6) is 0 Å². The normalized spacial score (nSPS) is 12.8. The van der Waals surface area contributed by atoms with E-state index in [1.165, 1.54) is 29.3 Å². The van der Waals surface area contributed by atoms with Gasteiger partial charge < -0.3 is 5.32 Å². The summed E-state index contributed by atoms with van der Waals surface area (Å²) in [5.41, 5.74) is 4.59. The number of aryl methyl sites for hydroxylation is 3. The fourth-order valence-electron chi connectivity index (χ4n) is 3.21. The first-order valence-electron chi connectivity index (χ1n) is 8.69. The lowest BCUT2D eigenvalue weighted by Gasteiger charge is -2.11. The van der Waals surface area contributed by atoms with Crippen molar-refractivity contribution in [2.75, 3.05) is 5.32 Å². The maximum atomic E-state index is 12.6. The molecule has 1 aliphatic rings. The minimum Gasteiger partial charge on any atom is -0.325 e. The average molecular weight is 444 g/mol. The van der Waals surface area contributed by atoms with Crippen molar-refractivity contribution in [1.29, 1.82) is 0 Å². The highest BCUT2D eigenvalue weighted by atomic mass is 79.9. The number of amides is 1. The number of benzene rings is 2. The third-order valence-corrected chi connectivity index (χ3v) is 6.12. The van der Waals surface area contributed by atoms with Crippen molar-refractivity contribution in [3.63, 3.8) is 0 Å². The van der Waals surface area contributed by atoms with Crippen LogP contribution in [0.15, 0.2) is 50.9 Å². The summed E-state index contributed by atoms with van der Waals surface area (Å²) in [7, 11) is 1.79. The number of anilines is 1. The number of carbonyl (C=O) groups excluding carboxylic acids is 1. The molecule has 0 atom stereocenters. The Hall–Kier alpha value is -2.19. The molecule has 1 aromatic heterocycles. The van der Waals surface area contributed by atoms with Gasteiger partial charge in [-0.15, -0.1) is 5.10 Å². The van der Waals surface area contributed by atoms with Gasteiger partial charge in [-0.1, -0.05) is 34.1 Å². The van der Waals surface area contributed by atoms with E-state index in [1.807, 2.05) is 18.2 Å². The maximum Gasteiger partial charge on any atom is 0.228 e. The number of carbonyl (C=O) groups is 1. The number of nitrogens with zero attached hydrogens (tertiary/aromatic N) is 4. The Morgan fingerprint density at radius 3 is 2.89 bits per heavy atom. The van der Waals surface area contributed by atoms with Crippen molar-refractivity contribution in [3.8, 4) is 0 Å². The molecule has 0 spiro atoms. The fraction of sp³-hybridized carbons (Fsp3) is 0.263. The predicted molar refractivity (Wildman–Crippen MR) is 108 cm³/mol. The Morgan fingerprint density at radius 1 is 1.22 bits per heavy atom. The molecule has 0 saturated heterocycles. The van der Waals surface area contributed by atoms with Crippen LogP contribution in [0.2, 0.25) is 0 Å². The van der Waals surface area contributed by atoms with Crippen molar-refractivity contribution < 1.29 is 4.79 Å². The smallest absolute Gasteiger partial charge is 0.228 e. The summed E-state index contributed by atoms with van der Waals surface area (Å²) in [5, 5.41) is 15.2. The molecule has 0 radical (unpaired) electrons. The molecule has 138 valence electrons. The Balaban J connectivity index is 1.50. The third-order valence-electron chi connectivity index (χ3n) is 4.53. The van der Waals surface area contributed by atoms with Gasteiger partial charge in [0.2, 0.25) is 11.1 Å². The monoisotopic (exact) mass is 443 g/mol. The van der Waals surface area contributed by atoms with E-state index in [4.69, 9.17) is 0 Å². The van der Waals surface area contributed by atoms with E-state index in [0.717, 1.165) is 33.5 Å². The highest BCUT2D eigenvalue weighted by Gasteiger charge is 2.15. The summed E-state index contributed by atoms with van der Waals surface area (Å²) in [6.07, 6.45) is 3.83. The van der Waals surface area contributed by atoms with Crippen molar-refractivity contribution in [3.05, 3.63) is 57.6 Å². The van der Waals surface area contributed by atoms with Gasteiger partial charge in [0.05, 0.1) is 12.1 Å². The number of rotatable bonds is 5. The lowest BCUT2D eigenvalue weighted by Crippen LogP contribution is -2.15. The molecule has 3 aromatic rings. The minimum atomic E-state index is -0.0380. The largest absolute Gasteiger partial charge is 0.325 e. The van der Waals surface area contributed by atoms with E-state index in [-0.39, 0.29) is 5.91 Å². The van der Waals surface area contributed by atoms with E-state index in [1.54, 1.807) is 11.7 Å². The van der Waals surface area contributed by atoms with Crippen LogP contribution < -0.4 is 5.32 Å². The molecule has 0 unspecified atom stereocenters. The van der Waals surface area contributed by atoms with Crippen LogP contribution in [0, 0.1) is 0 Å². The van der Waals surface area contributed by atoms with E-state index < -0.39 is 0 Å². The van der Waals surface area contributed by atoms with Gasteiger partial charge in [-0.3, -0.25) is 4.79 Å². The van der Waals surface area contributed by atoms with Crippen LogP contribution >= 0.6 is 27.7 Å². The number of tetrazole rings is 1. The van der Waals surface area contributed by atoms with Gasteiger partial charge in [0.15, 0.2) is 0 Å². The van der Waals surface area contributed by atoms with Crippen molar-refractivity contribution in [2.45, 2.75) is 35.7 Å². The molecular formula is C19H18BrN5OS. The molecule has 4 rings (SSSR count). The first-order valence-corrected chi connectivity index (χ1v) is 10.3. The summed E-state index contributed by atoms with van der Waals surface area (Å²) in [4.78, 5) is 13.5. The number of hydrogen-bond acceptors (Lipinski definition) is 5. The fourth-order valence-corrected chi connectivity index (χ4v) is 4.37. The number of hydrogen-bond donors (Lipinski definition) is 1. The molecule has 6 nitrogen and oxygen atoms in total. The standard InChI is InChI=1S/C19H18BrN5OS/c1-25-19(22-23-24-25)27-17-8-7-15(20)11-16(17)21-18(26)10-12-5-6-13-3-2-4-14(13)9-12/h5-9,11H,2-4,10H2,1H3,(H,21,26). The first-order chi connectivity index (χ1) is 13.1. The molecule has 27 heavy (non-hydrogen) atoms. The second kappa shape index (κ2) is 7.82. The van der Waals surface area contributed by atoms with Gasteiger partial charge in [0.25, 0.3) is 0 Å². The molecule has 1 heterocycles. The van der Waals surface area contributed by atoms with Crippen molar-refractivity contribution in [1.82, 2.24) is 20.2 Å². The SMILES string of the molecule is Cn1nnnc1Sc1ccc(Br)cc1NC(=O)Cc1ccc2c(c1)CCC2. The number of nitrogens with one attached hydrogen (secondary N) is 1. The molecule has 2 aromatic carbocycles. The van der Waals surface area contributed by atoms with Gasteiger partial charge in [-0.05, 0) is 76.3 Å². The summed E-state index contributed by atoms with van der Waals surface area (Å²) in [6.45, 7) is 0. The van der Waals surface area contributed by atoms with E-state index >= 15 is 0 Å². The van der Waals surface area contributed by atoms with Crippen molar-refractivity contribution >= 4 is 39.3 Å². The summed E-state index contributed by atoms with van der Waals surface area (Å²) in [6, 6.07) is 12.2. The maximum absolute atomic E-state index is 12.6. The quantitative estimate of drug-likeness (QED) is 0.648. The molecule has 1 aliphatic carbocycles. The number of fused-ring (bicyclic) bond motifs is 1. The lowest BCUT2D eigenvalue weighted by atomic mass is 10.0. The van der Waals surface area contributed by atoms with Crippen LogP contribution in [0.3, 0.4) is 0 Å². The highest BCUT2D eigenvalue weighted by Crippen LogP contribution is 2.34. The number of aromatic nitrogens is 4. The highest BCUT2D eigenvalue weighted by molar-refractivity contribution is 9.10. The van der Waals surface area contributed by atoms with Crippen LogP contribution in [0.25, 0.3) is 0 Å². The van der Waals surface area contributed by atoms with E-state index in [0.29, 0.717) is 11.6 Å². The second-order valence-corrected chi connectivity index (χ2v) is 8.43. The van der Waals surface area contributed by atoms with Gasteiger partial charge in [0, 0.05) is 16.4 Å². The van der Waals surface area contributed by atoms with E-state index in [9.17, 15) is 4.79 Å². The molecular weight excluding hydrogens is 426 g/mol. The Bertz CT molecular complexity index is 1000. The Morgan fingerprint density at radius 2 is 2.07 bits per heavy atom. The minimum absolute atomic E-state index is 0.0380. The molecule has 1 N–H and O–H groups in total. The molecule has 0 aliphatic heterocycles. The van der Waals surface area contributed by atoms with Crippen LogP contribution in [-0.4, -0.2) is 26.1 Å². The van der Waals surface area contributed by atoms with Gasteiger partial charge in [-0.25, -0.2) is 4.68 Å². The summed E-state index contributed by atoms with van der Waals surface area (Å²) < 4.78 is 2.50. The van der Waals surface area contributed by atoms with E-state index in [2.05, 4.69) is 55.0 Å². The molecule has 0 bridgehead atoms. The third kappa shape index (κ3) is 4.22. The van der Waals surface area contributed by atoms with Crippen LogP contribution in [-0.2, 0) is 31.1 Å².